The molecule has 3 atom stereocenters. The number of nitrogens with zero attached hydrogens (tertiary/aromatic N) is 1. The minimum Gasteiger partial charge on any atom is -0.474 e. The number of hydrogen-bond donors (Lipinski definition) is 4. The Labute approximate surface area is 170 Å². The molecule has 0 saturated carbocycles. The number of pyridine rings is 1. The summed E-state index contributed by atoms with van der Waals surface area (Å²) in [7, 11) is 0. The van der Waals surface area contributed by atoms with Crippen molar-refractivity contribution in [2.24, 2.45) is 0 Å². The first-order chi connectivity index (χ1) is 13.9. The van der Waals surface area contributed by atoms with Gasteiger partial charge in [-0.25, -0.2) is 9.78 Å². The summed E-state index contributed by atoms with van der Waals surface area (Å²) in [6.07, 6.45) is 2.94. The number of rotatable bonds is 5. The minimum absolute atomic E-state index is 0.0252. The van der Waals surface area contributed by atoms with Gasteiger partial charge in [0.05, 0.1) is 24.3 Å². The molecule has 1 fully saturated rings. The summed E-state index contributed by atoms with van der Waals surface area (Å²) in [6.45, 7) is 4.50. The number of ether oxygens (including phenoxy) is 2. The van der Waals surface area contributed by atoms with Gasteiger partial charge in [-0.05, 0) is 19.4 Å². The van der Waals surface area contributed by atoms with Crippen LogP contribution >= 0.6 is 0 Å². The predicted octanol–water partition coefficient (Wildman–Crippen LogP) is 3.46. The third-order valence-corrected chi connectivity index (χ3v) is 4.79. The Bertz CT molecular complexity index is 859. The fraction of sp³-hybridized carbons (Fsp3) is 0.381. The molecule has 1 aromatic carbocycles. The molecule has 154 valence electrons. The standard InChI is InChI=1S/C21H27N5O3/c1-13-10-16(8-9-28-13)29-20(23)17-12-24-19(11-18(17)22)26-21(27)25-14(2)15-6-4-3-5-7-15/h3-7,11-14,16,23H,8-10H2,1-2H3,(H4,22,24,25,26,27)/t13?,14-,16?/m1/s1. The highest BCUT2D eigenvalue weighted by Crippen LogP contribution is 2.21. The van der Waals surface area contributed by atoms with Crippen molar-refractivity contribution in [3.8, 4) is 0 Å². The lowest BCUT2D eigenvalue weighted by molar-refractivity contribution is -0.0291. The lowest BCUT2D eigenvalue weighted by atomic mass is 10.1. The van der Waals surface area contributed by atoms with Crippen LogP contribution in [0.2, 0.25) is 0 Å². The molecule has 2 aromatic rings. The van der Waals surface area contributed by atoms with E-state index in [0.717, 1.165) is 18.4 Å². The molecule has 8 nitrogen and oxygen atoms in total. The number of carbonyl (C=O) groups is 1. The summed E-state index contributed by atoms with van der Waals surface area (Å²) >= 11 is 0. The third kappa shape index (κ3) is 5.68. The fourth-order valence-electron chi connectivity index (χ4n) is 3.20. The number of hydrogen-bond acceptors (Lipinski definition) is 6. The lowest BCUT2D eigenvalue weighted by Gasteiger charge is -2.28. The molecule has 8 heteroatoms. The average Bonchev–Trinajstić information content (AvgIpc) is 2.68. The number of nitrogens with two attached hydrogens (primary N) is 1. The highest BCUT2D eigenvalue weighted by Gasteiger charge is 2.23. The van der Waals surface area contributed by atoms with Crippen molar-refractivity contribution in [3.05, 3.63) is 53.7 Å². The number of carbonyl (C=O) groups excluding carboxylic acids is 1. The average molecular weight is 397 g/mol. The van der Waals surface area contributed by atoms with E-state index in [-0.39, 0.29) is 30.2 Å². The zero-order valence-electron chi connectivity index (χ0n) is 16.6. The van der Waals surface area contributed by atoms with Crippen LogP contribution < -0.4 is 16.4 Å². The van der Waals surface area contributed by atoms with Crippen LogP contribution in [-0.2, 0) is 9.47 Å². The van der Waals surface area contributed by atoms with E-state index in [1.165, 1.54) is 12.3 Å². The second-order valence-corrected chi connectivity index (χ2v) is 7.16. The molecule has 1 aliphatic heterocycles. The van der Waals surface area contributed by atoms with Crippen molar-refractivity contribution in [2.45, 2.75) is 44.9 Å². The maximum Gasteiger partial charge on any atom is 0.320 e. The van der Waals surface area contributed by atoms with Gasteiger partial charge in [-0.1, -0.05) is 30.3 Å². The predicted molar refractivity (Wildman–Crippen MR) is 112 cm³/mol. The molecule has 3 rings (SSSR count). The first-order valence-corrected chi connectivity index (χ1v) is 9.67. The normalized spacial score (nSPS) is 19.8. The molecule has 2 amide bonds. The van der Waals surface area contributed by atoms with Crippen LogP contribution in [-0.4, -0.2) is 35.7 Å². The molecule has 0 bridgehead atoms. The van der Waals surface area contributed by atoms with Crippen molar-refractivity contribution in [1.29, 1.82) is 5.41 Å². The van der Waals surface area contributed by atoms with Gasteiger partial charge in [0.25, 0.3) is 0 Å². The lowest BCUT2D eigenvalue weighted by Crippen LogP contribution is -2.32. The second-order valence-electron chi connectivity index (χ2n) is 7.16. The van der Waals surface area contributed by atoms with Crippen LogP contribution in [0.5, 0.6) is 0 Å². The van der Waals surface area contributed by atoms with Gasteiger partial charge >= 0.3 is 6.03 Å². The Morgan fingerprint density at radius 2 is 2.14 bits per heavy atom. The maximum atomic E-state index is 12.2. The van der Waals surface area contributed by atoms with Crippen LogP contribution in [0.3, 0.4) is 0 Å². The highest BCUT2D eigenvalue weighted by molar-refractivity contribution is 5.98. The van der Waals surface area contributed by atoms with Gasteiger partial charge in [0.15, 0.2) is 0 Å². The zero-order valence-corrected chi connectivity index (χ0v) is 16.6. The van der Waals surface area contributed by atoms with Crippen molar-refractivity contribution < 1.29 is 14.3 Å². The van der Waals surface area contributed by atoms with Gasteiger partial charge in [0.2, 0.25) is 5.90 Å². The van der Waals surface area contributed by atoms with E-state index in [1.807, 2.05) is 44.2 Å². The van der Waals surface area contributed by atoms with Crippen molar-refractivity contribution in [2.75, 3.05) is 17.7 Å². The largest absolute Gasteiger partial charge is 0.474 e. The molecule has 1 aromatic heterocycles. The van der Waals surface area contributed by atoms with Gasteiger partial charge in [-0.15, -0.1) is 0 Å². The van der Waals surface area contributed by atoms with Crippen LogP contribution in [0.15, 0.2) is 42.6 Å². The second kappa shape index (κ2) is 9.38. The van der Waals surface area contributed by atoms with Gasteiger partial charge in [-0.2, -0.15) is 0 Å². The zero-order chi connectivity index (χ0) is 20.8. The molecule has 1 saturated heterocycles. The number of nitrogens with one attached hydrogen (secondary N) is 3. The van der Waals surface area contributed by atoms with E-state index < -0.39 is 0 Å². The van der Waals surface area contributed by atoms with Gasteiger partial charge in [0.1, 0.15) is 11.9 Å². The third-order valence-electron chi connectivity index (χ3n) is 4.79. The summed E-state index contributed by atoms with van der Waals surface area (Å²) < 4.78 is 11.2. The molecule has 0 aliphatic carbocycles. The number of anilines is 2. The Kier molecular flexibility index (Phi) is 6.66. The number of aromatic nitrogens is 1. The monoisotopic (exact) mass is 397 g/mol. The first-order valence-electron chi connectivity index (χ1n) is 9.67. The molecular formula is C21H27N5O3. The molecule has 1 aliphatic rings. The van der Waals surface area contributed by atoms with E-state index in [4.69, 9.17) is 20.6 Å². The van der Waals surface area contributed by atoms with Crippen LogP contribution in [0.1, 0.15) is 43.9 Å². The fourth-order valence-corrected chi connectivity index (χ4v) is 3.20. The topological polar surface area (TPSA) is 122 Å². The number of nitrogen functional groups attached to an aromatic ring is 1. The summed E-state index contributed by atoms with van der Waals surface area (Å²) in [5, 5.41) is 13.7. The van der Waals surface area contributed by atoms with Crippen molar-refractivity contribution in [3.63, 3.8) is 0 Å². The van der Waals surface area contributed by atoms with Crippen LogP contribution in [0, 0.1) is 5.41 Å². The highest BCUT2D eigenvalue weighted by atomic mass is 16.5. The Balaban J connectivity index is 1.57. The molecule has 29 heavy (non-hydrogen) atoms. The quantitative estimate of drug-likeness (QED) is 0.455. The maximum absolute atomic E-state index is 12.2. The number of amides is 2. The molecule has 0 radical (unpaired) electrons. The first kappa shape index (κ1) is 20.6. The van der Waals surface area contributed by atoms with Gasteiger partial charge in [-0.3, -0.25) is 10.7 Å². The van der Waals surface area contributed by atoms with E-state index in [0.29, 0.717) is 23.7 Å². The molecule has 0 spiro atoms. The van der Waals surface area contributed by atoms with E-state index in [1.54, 1.807) is 0 Å². The van der Waals surface area contributed by atoms with Crippen molar-refractivity contribution in [1.82, 2.24) is 10.3 Å². The molecule has 2 heterocycles. The summed E-state index contributed by atoms with van der Waals surface area (Å²) in [5.41, 5.74) is 7.78. The SMILES string of the molecule is CC1CC(OC(=N)c2cnc(NC(=O)N[C@H](C)c3ccccc3)cc2N)CCO1. The van der Waals surface area contributed by atoms with Crippen LogP contribution in [0.4, 0.5) is 16.3 Å². The Morgan fingerprint density at radius 3 is 2.83 bits per heavy atom. The summed E-state index contributed by atoms with van der Waals surface area (Å²) in [4.78, 5) is 16.4. The summed E-state index contributed by atoms with van der Waals surface area (Å²) in [5.74, 6) is 0.277. The van der Waals surface area contributed by atoms with E-state index in [9.17, 15) is 4.79 Å². The van der Waals surface area contributed by atoms with Crippen LogP contribution in [0.25, 0.3) is 0 Å². The molecule has 2 unspecified atom stereocenters. The Hall–Kier alpha value is -3.13. The molecule has 5 N–H and O–H groups in total. The molecular weight excluding hydrogens is 370 g/mol. The number of benzene rings is 1. The van der Waals surface area contributed by atoms with E-state index >= 15 is 0 Å². The Morgan fingerprint density at radius 1 is 1.38 bits per heavy atom. The van der Waals surface area contributed by atoms with E-state index in [2.05, 4.69) is 15.6 Å². The smallest absolute Gasteiger partial charge is 0.320 e. The van der Waals surface area contributed by atoms with Gasteiger partial charge in [0, 0.05) is 30.8 Å². The number of urea groups is 1. The van der Waals surface area contributed by atoms with Gasteiger partial charge < -0.3 is 20.5 Å². The van der Waals surface area contributed by atoms with Crippen molar-refractivity contribution >= 4 is 23.4 Å². The minimum atomic E-state index is -0.386. The summed E-state index contributed by atoms with van der Waals surface area (Å²) in [6, 6.07) is 10.6.